The second-order valence-corrected chi connectivity index (χ2v) is 5.69. The predicted octanol–water partition coefficient (Wildman–Crippen LogP) is 3.97. The molecule has 1 heterocycles. The first-order chi connectivity index (χ1) is 11.3. The molecule has 2 rings (SSSR count). The molecule has 24 heavy (non-hydrogen) atoms. The highest BCUT2D eigenvalue weighted by molar-refractivity contribution is 14.0. The molecule has 5 nitrogen and oxygen atoms in total. The molecule has 0 saturated carbocycles. The van der Waals surface area contributed by atoms with Crippen LogP contribution < -0.4 is 15.4 Å². The molecule has 0 aliphatic carbocycles. The number of nitrogens with zero attached hydrogens (tertiary/aromatic N) is 1. The molecule has 132 valence electrons. The van der Waals surface area contributed by atoms with Gasteiger partial charge in [0.2, 0.25) is 0 Å². The summed E-state index contributed by atoms with van der Waals surface area (Å²) < 4.78 is 10.7. The summed E-state index contributed by atoms with van der Waals surface area (Å²) in [6.07, 6.45) is 0.873. The fraction of sp³-hybridized carbons (Fsp3) is 0.353. The SMILES string of the molecule is CN=C(NCc1ccsc1)Nc1cccc(OCCCOC)c1.I. The standard InChI is InChI=1S/C17H23N3O2S.HI/c1-18-17(19-12-14-7-10-23-13-14)20-15-5-3-6-16(11-15)22-9-4-8-21-2;/h3,5-7,10-11,13H,4,8-9,12H2,1-2H3,(H2,18,19,20);1H. The van der Waals surface area contributed by atoms with E-state index in [0.717, 1.165) is 30.4 Å². The molecule has 0 unspecified atom stereocenters. The quantitative estimate of drug-likeness (QED) is 0.271. The highest BCUT2D eigenvalue weighted by Crippen LogP contribution is 2.17. The van der Waals surface area contributed by atoms with Gasteiger partial charge in [0.25, 0.3) is 0 Å². The lowest BCUT2D eigenvalue weighted by Crippen LogP contribution is -2.30. The Bertz CT molecular complexity index is 606. The molecular weight excluding hydrogens is 437 g/mol. The second-order valence-electron chi connectivity index (χ2n) is 4.91. The van der Waals surface area contributed by atoms with Crippen molar-refractivity contribution < 1.29 is 9.47 Å². The molecule has 0 amide bonds. The monoisotopic (exact) mass is 461 g/mol. The van der Waals surface area contributed by atoms with Crippen LogP contribution in [0.5, 0.6) is 5.75 Å². The van der Waals surface area contributed by atoms with Gasteiger partial charge in [-0.15, -0.1) is 24.0 Å². The smallest absolute Gasteiger partial charge is 0.195 e. The van der Waals surface area contributed by atoms with Crippen molar-refractivity contribution in [1.82, 2.24) is 5.32 Å². The zero-order valence-corrected chi connectivity index (χ0v) is 17.1. The van der Waals surface area contributed by atoms with E-state index in [1.165, 1.54) is 5.56 Å². The van der Waals surface area contributed by atoms with Crippen molar-refractivity contribution in [3.05, 3.63) is 46.7 Å². The molecule has 2 N–H and O–H groups in total. The number of rotatable bonds is 8. The Balaban J connectivity index is 0.00000288. The lowest BCUT2D eigenvalue weighted by atomic mass is 10.3. The molecule has 0 bridgehead atoms. The maximum atomic E-state index is 5.70. The number of benzene rings is 1. The van der Waals surface area contributed by atoms with E-state index in [9.17, 15) is 0 Å². The molecule has 2 aromatic rings. The minimum atomic E-state index is 0. The van der Waals surface area contributed by atoms with E-state index in [4.69, 9.17) is 9.47 Å². The summed E-state index contributed by atoms with van der Waals surface area (Å²) >= 11 is 1.69. The highest BCUT2D eigenvalue weighted by Gasteiger charge is 2.02. The predicted molar refractivity (Wildman–Crippen MR) is 112 cm³/mol. The molecule has 7 heteroatoms. The number of hydrogen-bond donors (Lipinski definition) is 2. The number of guanidine groups is 1. The Kier molecular flexibility index (Phi) is 10.4. The number of ether oxygens (including phenoxy) is 2. The average molecular weight is 461 g/mol. The van der Waals surface area contributed by atoms with Crippen LogP contribution in [-0.4, -0.2) is 33.3 Å². The van der Waals surface area contributed by atoms with Crippen LogP contribution in [0, 0.1) is 0 Å². The van der Waals surface area contributed by atoms with E-state index in [0.29, 0.717) is 13.2 Å². The van der Waals surface area contributed by atoms with E-state index in [1.54, 1.807) is 25.5 Å². The van der Waals surface area contributed by atoms with Gasteiger partial charge >= 0.3 is 0 Å². The number of methoxy groups -OCH3 is 1. The van der Waals surface area contributed by atoms with Gasteiger partial charge in [0.15, 0.2) is 5.96 Å². The lowest BCUT2D eigenvalue weighted by molar-refractivity contribution is 0.172. The molecule has 0 aliphatic heterocycles. The first-order valence-corrected chi connectivity index (χ1v) is 8.46. The minimum absolute atomic E-state index is 0. The zero-order valence-electron chi connectivity index (χ0n) is 14.0. The number of halogens is 1. The third-order valence-electron chi connectivity index (χ3n) is 3.12. The molecule has 0 radical (unpaired) electrons. The van der Waals surface area contributed by atoms with Crippen LogP contribution in [0.3, 0.4) is 0 Å². The number of thiophene rings is 1. The van der Waals surface area contributed by atoms with Crippen molar-refractivity contribution >= 4 is 47.0 Å². The summed E-state index contributed by atoms with van der Waals surface area (Å²) in [7, 11) is 3.45. The summed E-state index contributed by atoms with van der Waals surface area (Å²) in [6, 6.07) is 9.95. The fourth-order valence-electron chi connectivity index (χ4n) is 1.95. The van der Waals surface area contributed by atoms with Gasteiger partial charge in [-0.3, -0.25) is 4.99 Å². The summed E-state index contributed by atoms with van der Waals surface area (Å²) in [5.74, 6) is 1.56. The zero-order chi connectivity index (χ0) is 16.3. The van der Waals surface area contributed by atoms with Crippen molar-refractivity contribution in [3.63, 3.8) is 0 Å². The van der Waals surface area contributed by atoms with Crippen molar-refractivity contribution in [1.29, 1.82) is 0 Å². The molecule has 0 aliphatic rings. The second kappa shape index (κ2) is 12.1. The van der Waals surface area contributed by atoms with Crippen LogP contribution in [0.2, 0.25) is 0 Å². The van der Waals surface area contributed by atoms with E-state index in [-0.39, 0.29) is 24.0 Å². The third-order valence-corrected chi connectivity index (χ3v) is 3.85. The van der Waals surface area contributed by atoms with Gasteiger partial charge in [-0.2, -0.15) is 11.3 Å². The van der Waals surface area contributed by atoms with Crippen LogP contribution in [-0.2, 0) is 11.3 Å². The van der Waals surface area contributed by atoms with Crippen LogP contribution in [0.4, 0.5) is 5.69 Å². The maximum absolute atomic E-state index is 5.70. The Morgan fingerprint density at radius 3 is 2.83 bits per heavy atom. The normalized spacial score (nSPS) is 10.8. The number of aliphatic imine (C=N–C) groups is 1. The highest BCUT2D eigenvalue weighted by atomic mass is 127. The van der Waals surface area contributed by atoms with E-state index >= 15 is 0 Å². The molecule has 1 aromatic carbocycles. The third kappa shape index (κ3) is 7.50. The van der Waals surface area contributed by atoms with Crippen LogP contribution >= 0.6 is 35.3 Å². The van der Waals surface area contributed by atoms with Gasteiger partial charge in [0.05, 0.1) is 6.61 Å². The Hall–Kier alpha value is -1.32. The number of nitrogens with one attached hydrogen (secondary N) is 2. The summed E-state index contributed by atoms with van der Waals surface area (Å²) in [4.78, 5) is 4.24. The summed E-state index contributed by atoms with van der Waals surface area (Å²) in [5.41, 5.74) is 2.18. The first-order valence-electron chi connectivity index (χ1n) is 7.52. The molecule has 0 saturated heterocycles. The molecule has 0 spiro atoms. The average Bonchev–Trinajstić information content (AvgIpc) is 3.09. The molecular formula is C17H24IN3O2S. The summed E-state index contributed by atoms with van der Waals surface area (Å²) in [5, 5.41) is 10.7. The van der Waals surface area contributed by atoms with E-state index < -0.39 is 0 Å². The van der Waals surface area contributed by atoms with Crippen LogP contribution in [0.25, 0.3) is 0 Å². The maximum Gasteiger partial charge on any atom is 0.195 e. The Labute approximate surface area is 164 Å². The number of anilines is 1. The van der Waals surface area contributed by atoms with Gasteiger partial charge in [0, 0.05) is 45.5 Å². The molecule has 1 aromatic heterocycles. The van der Waals surface area contributed by atoms with Crippen LogP contribution in [0.1, 0.15) is 12.0 Å². The van der Waals surface area contributed by atoms with Crippen molar-refractivity contribution in [2.75, 3.05) is 32.7 Å². The van der Waals surface area contributed by atoms with Crippen molar-refractivity contribution in [3.8, 4) is 5.75 Å². The van der Waals surface area contributed by atoms with Crippen molar-refractivity contribution in [2.45, 2.75) is 13.0 Å². The van der Waals surface area contributed by atoms with Gasteiger partial charge in [-0.25, -0.2) is 0 Å². The lowest BCUT2D eigenvalue weighted by Gasteiger charge is -2.13. The Morgan fingerprint density at radius 1 is 1.25 bits per heavy atom. The van der Waals surface area contributed by atoms with Gasteiger partial charge in [-0.05, 0) is 34.5 Å². The Morgan fingerprint density at radius 2 is 2.12 bits per heavy atom. The first kappa shape index (κ1) is 20.7. The molecule has 0 atom stereocenters. The van der Waals surface area contributed by atoms with Crippen LogP contribution in [0.15, 0.2) is 46.1 Å². The van der Waals surface area contributed by atoms with Gasteiger partial charge in [-0.1, -0.05) is 6.07 Å². The van der Waals surface area contributed by atoms with Gasteiger partial charge < -0.3 is 20.1 Å². The summed E-state index contributed by atoms with van der Waals surface area (Å²) in [6.45, 7) is 2.09. The van der Waals surface area contributed by atoms with Crippen molar-refractivity contribution in [2.24, 2.45) is 4.99 Å². The van der Waals surface area contributed by atoms with E-state index in [1.807, 2.05) is 24.3 Å². The van der Waals surface area contributed by atoms with Gasteiger partial charge in [0.1, 0.15) is 5.75 Å². The topological polar surface area (TPSA) is 54.9 Å². The van der Waals surface area contributed by atoms with E-state index in [2.05, 4.69) is 32.5 Å². The number of hydrogen-bond acceptors (Lipinski definition) is 4. The minimum Gasteiger partial charge on any atom is -0.493 e. The largest absolute Gasteiger partial charge is 0.493 e. The molecule has 0 fully saturated rings. The fourth-order valence-corrected chi connectivity index (χ4v) is 2.62.